The summed E-state index contributed by atoms with van der Waals surface area (Å²) in [7, 11) is 0. The summed E-state index contributed by atoms with van der Waals surface area (Å²) in [6.07, 6.45) is 4.31. The van der Waals surface area contributed by atoms with Gasteiger partial charge < -0.3 is 13.9 Å². The Hall–Kier alpha value is -6.84. The van der Waals surface area contributed by atoms with Gasteiger partial charge in [0, 0.05) is 44.0 Å². The summed E-state index contributed by atoms with van der Waals surface area (Å²) in [5.41, 5.74) is 15.4. The zero-order valence-electron chi connectivity index (χ0n) is 36.5. The molecule has 2 aromatic heterocycles. The Morgan fingerprint density at radius 1 is 0.468 bits per heavy atom. The Morgan fingerprint density at radius 3 is 1.32 bits per heavy atom. The van der Waals surface area contributed by atoms with Gasteiger partial charge in [0.1, 0.15) is 5.75 Å². The largest absolute Gasteiger partial charge is 0.489 e. The maximum absolute atomic E-state index is 6.96. The first-order chi connectivity index (χ1) is 30.4. The Labute approximate surface area is 365 Å². The maximum Gasteiger partial charge on any atom is 0.135 e. The lowest BCUT2D eigenvalue weighted by molar-refractivity contribution is 0.219. The van der Waals surface area contributed by atoms with Crippen LogP contribution in [0.1, 0.15) is 65.9 Å². The Balaban J connectivity index is 1.20. The van der Waals surface area contributed by atoms with Gasteiger partial charge in [0.05, 0.1) is 28.2 Å². The van der Waals surface area contributed by atoms with Gasteiger partial charge in [0.15, 0.2) is 0 Å². The van der Waals surface area contributed by atoms with Crippen LogP contribution >= 0.6 is 0 Å². The average Bonchev–Trinajstić information content (AvgIpc) is 3.85. The number of aromatic nitrogens is 2. The first-order valence-electron chi connectivity index (χ1n) is 22.5. The highest BCUT2D eigenvalue weighted by molar-refractivity contribution is 6.10. The molecule has 0 radical (unpaired) electrons. The molecule has 0 spiro atoms. The third-order valence-corrected chi connectivity index (χ3v) is 13.5. The van der Waals surface area contributed by atoms with Crippen LogP contribution < -0.4 is 4.74 Å². The molecule has 3 heteroatoms. The number of hydrogen-bond donors (Lipinski definition) is 0. The van der Waals surface area contributed by atoms with Gasteiger partial charge in [-0.05, 0) is 114 Å². The molecule has 62 heavy (non-hydrogen) atoms. The van der Waals surface area contributed by atoms with Gasteiger partial charge in [-0.1, -0.05) is 162 Å². The SMILES string of the molecule is CCCC(C)(CC)c1cc(-c2ccccc2)c(OC(C)CC)c(-c2ccc(-c3cc(-n4c5ccccc5c5ccccc54)cc(-n4c5ccccc5c5ccccc54)c3)cc2)c1. The molecule has 0 aliphatic heterocycles. The smallest absolute Gasteiger partial charge is 0.135 e. The number of benzene rings is 8. The summed E-state index contributed by atoms with van der Waals surface area (Å²) >= 11 is 0. The zero-order chi connectivity index (χ0) is 42.4. The van der Waals surface area contributed by atoms with E-state index >= 15 is 0 Å². The summed E-state index contributed by atoms with van der Waals surface area (Å²) < 4.78 is 11.8. The van der Waals surface area contributed by atoms with E-state index in [1.54, 1.807) is 0 Å². The molecule has 306 valence electrons. The Bertz CT molecular complexity index is 2980. The lowest BCUT2D eigenvalue weighted by Crippen LogP contribution is -2.21. The van der Waals surface area contributed by atoms with Gasteiger partial charge in [0.25, 0.3) is 0 Å². The monoisotopic (exact) mass is 806 g/mol. The van der Waals surface area contributed by atoms with Crippen LogP contribution in [0.3, 0.4) is 0 Å². The molecule has 0 fully saturated rings. The molecule has 0 amide bonds. The fraction of sp³-hybridized carbons (Fsp3) is 0.186. The standard InChI is InChI=1S/C59H54N2O/c1-6-34-59(5,8-3)45-37-52(42-20-10-9-11-21-42)58(62-40(4)7-2)53(38-45)43-32-30-41(31-33-43)44-35-46(60-54-26-16-12-22-48(54)49-23-13-17-27-55(49)60)39-47(36-44)61-56-28-18-14-24-50(56)51-25-15-19-29-57(51)61/h9-33,35-40H,6-8,34H2,1-5H3. The summed E-state index contributed by atoms with van der Waals surface area (Å²) in [5, 5.41) is 5.01. The van der Waals surface area contributed by atoms with E-state index < -0.39 is 0 Å². The van der Waals surface area contributed by atoms with Crippen LogP contribution in [-0.4, -0.2) is 15.2 Å². The highest BCUT2D eigenvalue weighted by atomic mass is 16.5. The molecule has 10 aromatic rings. The van der Waals surface area contributed by atoms with Gasteiger partial charge in [-0.25, -0.2) is 0 Å². The minimum absolute atomic E-state index is 0.0400. The van der Waals surface area contributed by atoms with E-state index in [9.17, 15) is 0 Å². The van der Waals surface area contributed by atoms with E-state index in [2.05, 4.69) is 226 Å². The number of rotatable bonds is 12. The van der Waals surface area contributed by atoms with Gasteiger partial charge in [-0.15, -0.1) is 0 Å². The highest BCUT2D eigenvalue weighted by Crippen LogP contribution is 2.46. The molecule has 8 aromatic carbocycles. The Kier molecular flexibility index (Phi) is 10.3. The quantitative estimate of drug-likeness (QED) is 0.120. The molecular weight excluding hydrogens is 753 g/mol. The van der Waals surface area contributed by atoms with E-state index in [4.69, 9.17) is 4.74 Å². The lowest BCUT2D eigenvalue weighted by Gasteiger charge is -2.31. The molecule has 0 saturated heterocycles. The second-order valence-corrected chi connectivity index (χ2v) is 17.3. The van der Waals surface area contributed by atoms with Crippen LogP contribution in [0.15, 0.2) is 182 Å². The van der Waals surface area contributed by atoms with Crippen molar-refractivity contribution >= 4 is 43.6 Å². The number of hydrogen-bond acceptors (Lipinski definition) is 1. The molecular formula is C59H54N2O. The molecule has 0 N–H and O–H groups in total. The zero-order valence-corrected chi connectivity index (χ0v) is 36.5. The molecule has 2 unspecified atom stereocenters. The summed E-state index contributed by atoms with van der Waals surface area (Å²) in [4.78, 5) is 0. The summed E-state index contributed by atoms with van der Waals surface area (Å²) in [6, 6.07) is 67.1. The molecule has 3 nitrogen and oxygen atoms in total. The van der Waals surface area contributed by atoms with E-state index in [1.165, 1.54) is 54.7 Å². The molecule has 0 aliphatic carbocycles. The van der Waals surface area contributed by atoms with Crippen molar-refractivity contribution in [1.82, 2.24) is 9.13 Å². The average molecular weight is 807 g/mol. The number of para-hydroxylation sites is 4. The first kappa shape index (κ1) is 39.3. The Morgan fingerprint density at radius 2 is 0.887 bits per heavy atom. The molecule has 2 heterocycles. The second-order valence-electron chi connectivity index (χ2n) is 17.3. The fourth-order valence-corrected chi connectivity index (χ4v) is 9.78. The summed E-state index contributed by atoms with van der Waals surface area (Å²) in [5.74, 6) is 0.957. The van der Waals surface area contributed by atoms with Crippen LogP contribution in [0.25, 0.3) is 88.4 Å². The van der Waals surface area contributed by atoms with Gasteiger partial charge in [-0.2, -0.15) is 0 Å². The predicted octanol–water partition coefficient (Wildman–Crippen LogP) is 16.5. The topological polar surface area (TPSA) is 19.1 Å². The fourth-order valence-electron chi connectivity index (χ4n) is 9.78. The second kappa shape index (κ2) is 16.2. The van der Waals surface area contributed by atoms with Crippen molar-refractivity contribution in [3.05, 3.63) is 188 Å². The first-order valence-corrected chi connectivity index (χ1v) is 22.5. The molecule has 0 aliphatic rings. The highest BCUT2D eigenvalue weighted by Gasteiger charge is 2.28. The van der Waals surface area contributed by atoms with Crippen LogP contribution in [-0.2, 0) is 5.41 Å². The maximum atomic E-state index is 6.96. The van der Waals surface area contributed by atoms with Crippen molar-refractivity contribution in [1.29, 1.82) is 0 Å². The minimum atomic E-state index is 0.0400. The van der Waals surface area contributed by atoms with Crippen LogP contribution in [0, 0.1) is 0 Å². The van der Waals surface area contributed by atoms with Crippen LogP contribution in [0.5, 0.6) is 5.75 Å². The van der Waals surface area contributed by atoms with E-state index in [0.29, 0.717) is 0 Å². The van der Waals surface area contributed by atoms with Gasteiger partial charge in [0.2, 0.25) is 0 Å². The number of fused-ring (bicyclic) bond motifs is 6. The van der Waals surface area contributed by atoms with Crippen LogP contribution in [0.4, 0.5) is 0 Å². The van der Waals surface area contributed by atoms with Crippen LogP contribution in [0.2, 0.25) is 0 Å². The number of nitrogens with zero attached hydrogens (tertiary/aromatic N) is 2. The van der Waals surface area contributed by atoms with Crippen molar-refractivity contribution in [3.63, 3.8) is 0 Å². The van der Waals surface area contributed by atoms with Crippen molar-refractivity contribution in [2.24, 2.45) is 0 Å². The minimum Gasteiger partial charge on any atom is -0.489 e. The van der Waals surface area contributed by atoms with Crippen molar-refractivity contribution < 1.29 is 4.74 Å². The van der Waals surface area contributed by atoms with Crippen molar-refractivity contribution in [3.8, 4) is 50.5 Å². The molecule has 2 atom stereocenters. The third-order valence-electron chi connectivity index (χ3n) is 13.5. The van der Waals surface area contributed by atoms with Gasteiger partial charge in [-0.3, -0.25) is 0 Å². The van der Waals surface area contributed by atoms with Crippen molar-refractivity contribution in [2.45, 2.75) is 71.8 Å². The lowest BCUT2D eigenvalue weighted by atomic mass is 9.74. The van der Waals surface area contributed by atoms with E-state index in [1.807, 2.05) is 0 Å². The summed E-state index contributed by atoms with van der Waals surface area (Å²) in [6.45, 7) is 11.4. The molecule has 0 bridgehead atoms. The molecule has 0 saturated carbocycles. The predicted molar refractivity (Wildman–Crippen MR) is 264 cm³/mol. The van der Waals surface area contributed by atoms with Gasteiger partial charge >= 0.3 is 0 Å². The molecule has 10 rings (SSSR count). The number of ether oxygens (including phenoxy) is 1. The van der Waals surface area contributed by atoms with E-state index in [0.717, 1.165) is 70.6 Å². The third kappa shape index (κ3) is 6.77. The van der Waals surface area contributed by atoms with Crippen molar-refractivity contribution in [2.75, 3.05) is 0 Å². The normalized spacial score (nSPS) is 13.2. The van der Waals surface area contributed by atoms with E-state index in [-0.39, 0.29) is 11.5 Å².